The molecule has 1 saturated carbocycles. The van der Waals surface area contributed by atoms with E-state index in [2.05, 4.69) is 31.8 Å². The molecule has 3 fully saturated rings. The molecule has 9 rings (SSSR count). The largest absolute Gasteiger partial charge is 0.496 e. The minimum atomic E-state index is -2.33. The van der Waals surface area contributed by atoms with Crippen molar-refractivity contribution in [1.82, 2.24) is 14.8 Å². The number of nitrogens with one attached hydrogen (secondary N) is 1. The van der Waals surface area contributed by atoms with Crippen molar-refractivity contribution < 1.29 is 43.5 Å². The van der Waals surface area contributed by atoms with Crippen LogP contribution in [0, 0.1) is 17.9 Å². The number of piperidine rings is 1. The molecule has 14 nitrogen and oxygen atoms in total. The number of hydrogen-bond donors (Lipinski definition) is 3. The summed E-state index contributed by atoms with van der Waals surface area (Å²) in [6.45, 7) is 15.8. The Morgan fingerprint density at radius 2 is 1.78 bits per heavy atom. The van der Waals surface area contributed by atoms with E-state index in [1.807, 2.05) is 56.1 Å². The van der Waals surface area contributed by atoms with E-state index in [4.69, 9.17) is 25.5 Å². The van der Waals surface area contributed by atoms with E-state index in [-0.39, 0.29) is 18.4 Å². The van der Waals surface area contributed by atoms with Crippen molar-refractivity contribution in [2.45, 2.75) is 99.5 Å². The van der Waals surface area contributed by atoms with E-state index in [0.717, 1.165) is 27.6 Å². The number of anilines is 1. The molecule has 14 heteroatoms. The summed E-state index contributed by atoms with van der Waals surface area (Å²) < 4.78 is 24.0. The van der Waals surface area contributed by atoms with Gasteiger partial charge in [-0.1, -0.05) is 38.1 Å². The summed E-state index contributed by atoms with van der Waals surface area (Å²) in [4.78, 5) is 56.8. The first-order valence-electron chi connectivity index (χ1n) is 22.2. The lowest BCUT2D eigenvalue weighted by Crippen LogP contribution is -2.81. The molecule has 2 aromatic carbocycles. The second-order valence-corrected chi connectivity index (χ2v) is 18.9. The van der Waals surface area contributed by atoms with E-state index in [9.17, 15) is 19.8 Å². The van der Waals surface area contributed by atoms with Crippen molar-refractivity contribution in [3.63, 3.8) is 0 Å². The monoisotopic (exact) mass is 861 g/mol. The van der Waals surface area contributed by atoms with Gasteiger partial charge in [0.25, 0.3) is 0 Å². The first kappa shape index (κ1) is 43.1. The molecule has 6 aliphatic rings. The molecule has 6 heterocycles. The van der Waals surface area contributed by atoms with E-state index < -0.39 is 57.5 Å². The van der Waals surface area contributed by atoms with Crippen molar-refractivity contribution in [3.05, 3.63) is 88.0 Å². The Bertz CT molecular complexity index is 2490. The van der Waals surface area contributed by atoms with Gasteiger partial charge in [-0.05, 0) is 85.9 Å². The third-order valence-corrected chi connectivity index (χ3v) is 16.1. The molecule has 3 aromatic rings. The van der Waals surface area contributed by atoms with Gasteiger partial charge >= 0.3 is 17.9 Å². The number of likely N-dealkylation sites (N-methyl/N-ethyl adjacent to an activating group) is 1. The molecular formula is C49H59N5O9. The van der Waals surface area contributed by atoms with Crippen LogP contribution in [0.15, 0.2) is 48.7 Å². The van der Waals surface area contributed by atoms with Crippen LogP contribution < -0.4 is 9.64 Å². The van der Waals surface area contributed by atoms with E-state index in [0.29, 0.717) is 87.5 Å². The molecule has 10 atom stereocenters. The van der Waals surface area contributed by atoms with Gasteiger partial charge in [-0.2, -0.15) is 0 Å². The normalized spacial score (nSPS) is 35.4. The van der Waals surface area contributed by atoms with Gasteiger partial charge in [0.1, 0.15) is 11.2 Å². The summed E-state index contributed by atoms with van der Waals surface area (Å²) in [7, 11) is 6.09. The second-order valence-electron chi connectivity index (χ2n) is 18.9. The van der Waals surface area contributed by atoms with Crippen molar-refractivity contribution >= 4 is 40.6 Å². The molecule has 3 N–H and O–H groups in total. The fraction of sp³-hybridized carbons (Fsp3) is 0.551. The van der Waals surface area contributed by atoms with E-state index in [1.54, 1.807) is 13.2 Å². The fourth-order valence-electron chi connectivity index (χ4n) is 13.8. The number of aliphatic hydroxyl groups is 2. The summed E-state index contributed by atoms with van der Waals surface area (Å²) in [5, 5.41) is 26.4. The smallest absolute Gasteiger partial charge is 0.344 e. The number of hydrogen-bond acceptors (Lipinski definition) is 12. The molecule has 0 amide bonds. The average Bonchev–Trinajstić information content (AvgIpc) is 3.94. The van der Waals surface area contributed by atoms with Crippen LogP contribution in [-0.4, -0.2) is 133 Å². The van der Waals surface area contributed by atoms with Crippen LogP contribution in [0.2, 0.25) is 0 Å². The maximum atomic E-state index is 15.5. The van der Waals surface area contributed by atoms with Gasteiger partial charge in [-0.15, -0.1) is 0 Å². The number of aromatic amines is 1. The van der Waals surface area contributed by atoms with Crippen LogP contribution in [0.1, 0.15) is 80.8 Å². The summed E-state index contributed by atoms with van der Waals surface area (Å²) in [5.74, 6) is -1.72. The number of nitrogens with zero attached hydrogens (tertiary/aromatic N) is 4. The third-order valence-electron chi connectivity index (χ3n) is 16.1. The molecule has 1 aliphatic carbocycles. The number of methoxy groups -OCH3 is 3. The zero-order valence-electron chi connectivity index (χ0n) is 37.3. The first-order chi connectivity index (χ1) is 30.2. The molecule has 5 aliphatic heterocycles. The number of carbonyl (C=O) groups excluding carboxylic acids is 3. The molecular weight excluding hydrogens is 803 g/mol. The number of aromatic nitrogens is 1. The lowest BCUT2D eigenvalue weighted by Gasteiger charge is -2.63. The Balaban J connectivity index is 1.37. The third kappa shape index (κ3) is 5.85. The lowest BCUT2D eigenvalue weighted by atomic mass is 9.47. The molecule has 0 radical (unpaired) electrons. The Kier molecular flexibility index (Phi) is 10.4. The highest BCUT2D eigenvalue weighted by molar-refractivity contribution is 5.95. The number of fused-ring (bicyclic) bond motifs is 6. The van der Waals surface area contributed by atoms with E-state index >= 15 is 4.79 Å². The van der Waals surface area contributed by atoms with Gasteiger partial charge < -0.3 is 39.0 Å². The molecule has 334 valence electrons. The highest BCUT2D eigenvalue weighted by Gasteiger charge is 2.80. The molecule has 1 aromatic heterocycles. The van der Waals surface area contributed by atoms with Gasteiger partial charge in [0, 0.05) is 90.9 Å². The van der Waals surface area contributed by atoms with Crippen LogP contribution >= 0.6 is 0 Å². The summed E-state index contributed by atoms with van der Waals surface area (Å²) in [6.07, 6.45) is 8.86. The number of H-pyrrole nitrogens is 1. The zero-order chi connectivity index (χ0) is 44.9. The topological polar surface area (TPSA) is 158 Å². The minimum Gasteiger partial charge on any atom is -0.496 e. The summed E-state index contributed by atoms with van der Waals surface area (Å²) in [6, 6.07) is 8.70. The molecule has 1 unspecified atom stereocenters. The van der Waals surface area contributed by atoms with Crippen LogP contribution in [0.5, 0.6) is 5.75 Å². The maximum absolute atomic E-state index is 15.5. The van der Waals surface area contributed by atoms with Gasteiger partial charge in [0.15, 0.2) is 12.3 Å². The molecule has 63 heavy (non-hydrogen) atoms. The van der Waals surface area contributed by atoms with Crippen molar-refractivity contribution in [2.24, 2.45) is 11.3 Å². The van der Waals surface area contributed by atoms with Crippen LogP contribution in [0.25, 0.3) is 21.8 Å². The van der Waals surface area contributed by atoms with Gasteiger partial charge in [-0.25, -0.2) is 9.64 Å². The zero-order valence-corrected chi connectivity index (χ0v) is 37.3. The summed E-state index contributed by atoms with van der Waals surface area (Å²) in [5.41, 5.74) is -1.32. The van der Waals surface area contributed by atoms with E-state index in [1.165, 1.54) is 27.3 Å². The lowest BCUT2D eigenvalue weighted by molar-refractivity contribution is -0.228. The van der Waals surface area contributed by atoms with Gasteiger partial charge in [-0.3, -0.25) is 19.4 Å². The van der Waals surface area contributed by atoms with Crippen molar-refractivity contribution in [2.75, 3.05) is 66.0 Å². The number of carbonyl (C=O) groups is 3. The van der Waals surface area contributed by atoms with Gasteiger partial charge in [0.05, 0.1) is 39.5 Å². The summed E-state index contributed by atoms with van der Waals surface area (Å²) >= 11 is 0. The molecule has 2 bridgehead atoms. The Morgan fingerprint density at radius 1 is 1.00 bits per heavy atom. The number of benzene rings is 2. The predicted octanol–water partition coefficient (Wildman–Crippen LogP) is 4.88. The Labute approximate surface area is 368 Å². The number of rotatable bonds is 8. The number of ether oxygens (including phenoxy) is 4. The van der Waals surface area contributed by atoms with Crippen LogP contribution in [-0.2, 0) is 45.8 Å². The Morgan fingerprint density at radius 3 is 2.46 bits per heavy atom. The van der Waals surface area contributed by atoms with Gasteiger partial charge in [0.2, 0.25) is 5.60 Å². The molecule has 1 spiro atoms. The second kappa shape index (κ2) is 15.2. The highest BCUT2D eigenvalue weighted by atomic mass is 16.6. The predicted molar refractivity (Wildman–Crippen MR) is 236 cm³/mol. The fourth-order valence-corrected chi connectivity index (χ4v) is 13.8. The molecule has 2 saturated heterocycles. The van der Waals surface area contributed by atoms with Crippen molar-refractivity contribution in [3.8, 4) is 5.75 Å². The maximum Gasteiger partial charge on any atom is 0.344 e. The van der Waals surface area contributed by atoms with Crippen LogP contribution in [0.4, 0.5) is 5.69 Å². The number of esters is 3. The Hall–Kier alpha value is -5.20. The first-order valence-corrected chi connectivity index (χ1v) is 22.2. The highest BCUT2D eigenvalue weighted by Crippen LogP contribution is 2.68. The van der Waals surface area contributed by atoms with Crippen molar-refractivity contribution in [1.29, 1.82) is 0 Å². The standard InChI is InChI=1S/C49H59N5O9/c1-9-45(58)25-31-26-48(43(56)61-7,39-32(15-20-53(27-31)28-45)33-22-30(14-18-50-4)12-13-36(33)51-39)35-23-34-37(24-38(35)60-6)52(5)41-47(34)17-21-54-19-11-16-46(10-2,40(47)54)42(63-29(3)55)49(41,59)44(57)62-8/h11-14,16,18,22-24,31,40-42,51,58-59H,9-10,15,17,19-21,25-28H2,1-3,5-8H3/b18-14+/t31-,40+,41-,42-,45+,46-,47-,48+,49+/m1/s1. The quantitative estimate of drug-likeness (QED) is 0.122. The van der Waals surface area contributed by atoms with Crippen LogP contribution in [0.3, 0.4) is 0 Å². The average molecular weight is 862 g/mol. The SMILES string of the molecule is [C-]#[N+]/C=C/c1ccc2[nH]c3c(c2c1)CCN1C[C@H](C[C@@](O)(CC)C1)C[C@]3(C(=O)OC)c1cc2c(cc1OC)N(C)[C@H]1[C@@](O)(C(=O)OC)[C@H](OC(C)=O)[C@]3(CC)C=CCN4CC[C@]21[C@@H]43. The minimum absolute atomic E-state index is 0.148.